The predicted octanol–water partition coefficient (Wildman–Crippen LogP) is 2.45. The molecule has 7 nitrogen and oxygen atoms in total. The first-order chi connectivity index (χ1) is 12.2. The van der Waals surface area contributed by atoms with Gasteiger partial charge in [0.05, 0.1) is 0 Å². The van der Waals surface area contributed by atoms with Crippen LogP contribution in [0.15, 0.2) is 33.9 Å². The zero-order chi connectivity index (χ0) is 19.2. The molecule has 0 unspecified atom stereocenters. The summed E-state index contributed by atoms with van der Waals surface area (Å²) in [6.45, 7) is 6.56. The molecule has 3 rings (SSSR count). The fraction of sp³-hybridized carbons (Fsp3) is 0.421. The van der Waals surface area contributed by atoms with E-state index in [-0.39, 0.29) is 11.4 Å². The number of ether oxygens (including phenoxy) is 1. The molecule has 7 heteroatoms. The highest BCUT2D eigenvalue weighted by Crippen LogP contribution is 2.29. The van der Waals surface area contributed by atoms with E-state index in [9.17, 15) is 9.59 Å². The standard InChI is InChI=1S/C19H24N4O3/c1-7-19(2,3)12-8-10-13(11-9-12)26-17-20-15-14(21(17)4)16(24)23(6)18(25)22(15)5/h8-11H,7H2,1-6H3. The van der Waals surface area contributed by atoms with Crippen molar-refractivity contribution in [2.75, 3.05) is 0 Å². The molecule has 0 saturated carbocycles. The summed E-state index contributed by atoms with van der Waals surface area (Å²) in [5.74, 6) is 0.626. The maximum atomic E-state index is 12.4. The highest BCUT2D eigenvalue weighted by molar-refractivity contribution is 5.71. The Hall–Kier alpha value is -2.83. The number of hydrogen-bond donors (Lipinski definition) is 0. The van der Waals surface area contributed by atoms with Gasteiger partial charge in [-0.15, -0.1) is 0 Å². The SMILES string of the molecule is CCC(C)(C)c1ccc(Oc2nc3c(c(=O)n(C)c(=O)n3C)n2C)cc1. The number of fused-ring (bicyclic) bond motifs is 1. The quantitative estimate of drug-likeness (QED) is 0.720. The van der Waals surface area contributed by atoms with Gasteiger partial charge in [-0.1, -0.05) is 32.9 Å². The first kappa shape index (κ1) is 18.0. The summed E-state index contributed by atoms with van der Waals surface area (Å²) < 4.78 is 9.85. The van der Waals surface area contributed by atoms with Gasteiger partial charge in [-0.2, -0.15) is 4.98 Å². The number of imidazole rings is 1. The maximum absolute atomic E-state index is 12.4. The molecule has 0 N–H and O–H groups in total. The molecule has 26 heavy (non-hydrogen) atoms. The Bertz CT molecular complexity index is 1090. The largest absolute Gasteiger partial charge is 0.425 e. The third-order valence-electron chi connectivity index (χ3n) is 5.16. The van der Waals surface area contributed by atoms with Gasteiger partial charge in [0.2, 0.25) is 0 Å². The Balaban J connectivity index is 2.04. The molecule has 1 aromatic carbocycles. The molecule has 0 aliphatic rings. The lowest BCUT2D eigenvalue weighted by Gasteiger charge is -2.23. The van der Waals surface area contributed by atoms with E-state index < -0.39 is 11.2 Å². The van der Waals surface area contributed by atoms with Gasteiger partial charge in [0.25, 0.3) is 5.56 Å². The van der Waals surface area contributed by atoms with Crippen LogP contribution < -0.4 is 16.0 Å². The van der Waals surface area contributed by atoms with Crippen molar-refractivity contribution in [2.24, 2.45) is 21.1 Å². The number of aryl methyl sites for hydroxylation is 2. The van der Waals surface area contributed by atoms with Crippen LogP contribution in [0.3, 0.4) is 0 Å². The molecule has 0 spiro atoms. The molecule has 0 aliphatic heterocycles. The molecule has 0 bridgehead atoms. The molecule has 0 saturated heterocycles. The first-order valence-corrected chi connectivity index (χ1v) is 8.58. The zero-order valence-corrected chi connectivity index (χ0v) is 16.0. The van der Waals surface area contributed by atoms with Gasteiger partial charge in [-0.3, -0.25) is 18.5 Å². The Morgan fingerprint density at radius 3 is 2.19 bits per heavy atom. The van der Waals surface area contributed by atoms with Crippen LogP contribution in [0.1, 0.15) is 32.8 Å². The number of aromatic nitrogens is 4. The Morgan fingerprint density at radius 2 is 1.62 bits per heavy atom. The molecule has 0 fully saturated rings. The third-order valence-corrected chi connectivity index (χ3v) is 5.16. The predicted molar refractivity (Wildman–Crippen MR) is 101 cm³/mol. The van der Waals surface area contributed by atoms with Gasteiger partial charge in [0.1, 0.15) is 5.75 Å². The van der Waals surface area contributed by atoms with Crippen LogP contribution in [0, 0.1) is 0 Å². The average Bonchev–Trinajstić information content (AvgIpc) is 2.95. The van der Waals surface area contributed by atoms with Crippen molar-refractivity contribution < 1.29 is 4.74 Å². The average molecular weight is 356 g/mol. The molecule has 2 heterocycles. The summed E-state index contributed by atoms with van der Waals surface area (Å²) in [6.07, 6.45) is 1.04. The van der Waals surface area contributed by atoms with Gasteiger partial charge in [-0.05, 0) is 29.5 Å². The summed E-state index contributed by atoms with van der Waals surface area (Å²) >= 11 is 0. The van der Waals surface area contributed by atoms with Crippen LogP contribution in [0.2, 0.25) is 0 Å². The lowest BCUT2D eigenvalue weighted by Crippen LogP contribution is -2.37. The molecule has 0 atom stereocenters. The minimum absolute atomic E-state index is 0.0981. The fourth-order valence-electron chi connectivity index (χ4n) is 2.87. The van der Waals surface area contributed by atoms with E-state index in [4.69, 9.17) is 4.74 Å². The van der Waals surface area contributed by atoms with Crippen LogP contribution >= 0.6 is 0 Å². The van der Waals surface area contributed by atoms with Crippen molar-refractivity contribution in [3.8, 4) is 11.8 Å². The van der Waals surface area contributed by atoms with Crippen LogP contribution in [-0.2, 0) is 26.6 Å². The monoisotopic (exact) mass is 356 g/mol. The van der Waals surface area contributed by atoms with Crippen molar-refractivity contribution in [3.63, 3.8) is 0 Å². The van der Waals surface area contributed by atoms with E-state index in [0.29, 0.717) is 16.9 Å². The minimum Gasteiger partial charge on any atom is -0.425 e. The fourth-order valence-corrected chi connectivity index (χ4v) is 2.87. The van der Waals surface area contributed by atoms with E-state index >= 15 is 0 Å². The second-order valence-corrected chi connectivity index (χ2v) is 7.20. The second-order valence-electron chi connectivity index (χ2n) is 7.20. The van der Waals surface area contributed by atoms with Crippen molar-refractivity contribution in [3.05, 3.63) is 50.7 Å². The molecule has 3 aromatic rings. The second kappa shape index (κ2) is 6.16. The van der Waals surface area contributed by atoms with Gasteiger partial charge in [0.15, 0.2) is 11.2 Å². The normalized spacial score (nSPS) is 11.9. The van der Waals surface area contributed by atoms with Gasteiger partial charge in [-0.25, -0.2) is 4.79 Å². The summed E-state index contributed by atoms with van der Waals surface area (Å²) in [6, 6.07) is 8.12. The van der Waals surface area contributed by atoms with Gasteiger partial charge >= 0.3 is 11.7 Å². The number of hydrogen-bond acceptors (Lipinski definition) is 4. The summed E-state index contributed by atoms with van der Waals surface area (Å²) in [5, 5.41) is 0. The molecule has 2 aromatic heterocycles. The topological polar surface area (TPSA) is 71.1 Å². The van der Waals surface area contributed by atoms with Crippen molar-refractivity contribution in [1.29, 1.82) is 0 Å². The van der Waals surface area contributed by atoms with Gasteiger partial charge in [0, 0.05) is 21.1 Å². The van der Waals surface area contributed by atoms with Crippen molar-refractivity contribution >= 4 is 11.2 Å². The molecular weight excluding hydrogens is 332 g/mol. The van der Waals surface area contributed by atoms with Crippen LogP contribution in [-0.4, -0.2) is 18.7 Å². The van der Waals surface area contributed by atoms with Crippen LogP contribution in [0.5, 0.6) is 11.8 Å². The summed E-state index contributed by atoms with van der Waals surface area (Å²) in [7, 11) is 4.74. The smallest absolute Gasteiger partial charge is 0.332 e. The Morgan fingerprint density at radius 1 is 1.00 bits per heavy atom. The number of nitrogens with zero attached hydrogens (tertiary/aromatic N) is 4. The first-order valence-electron chi connectivity index (χ1n) is 8.58. The molecule has 0 amide bonds. The van der Waals surface area contributed by atoms with E-state index in [0.717, 1.165) is 11.0 Å². The zero-order valence-electron chi connectivity index (χ0n) is 16.0. The van der Waals surface area contributed by atoms with E-state index in [1.165, 1.54) is 17.2 Å². The molecular formula is C19H24N4O3. The Kier molecular flexibility index (Phi) is 4.26. The van der Waals surface area contributed by atoms with Crippen molar-refractivity contribution in [1.82, 2.24) is 18.7 Å². The molecule has 0 aliphatic carbocycles. The molecule has 0 radical (unpaired) electrons. The lowest BCUT2D eigenvalue weighted by atomic mass is 9.82. The Labute approximate surface area is 151 Å². The van der Waals surface area contributed by atoms with E-state index in [1.807, 2.05) is 24.3 Å². The molecule has 138 valence electrons. The van der Waals surface area contributed by atoms with Crippen LogP contribution in [0.25, 0.3) is 11.2 Å². The highest BCUT2D eigenvalue weighted by atomic mass is 16.5. The summed E-state index contributed by atoms with van der Waals surface area (Å²) in [5.41, 5.74) is 1.15. The maximum Gasteiger partial charge on any atom is 0.332 e. The van der Waals surface area contributed by atoms with E-state index in [1.54, 1.807) is 18.7 Å². The summed E-state index contributed by atoms with van der Waals surface area (Å²) in [4.78, 5) is 28.8. The van der Waals surface area contributed by atoms with Crippen LogP contribution in [0.4, 0.5) is 0 Å². The highest BCUT2D eigenvalue weighted by Gasteiger charge is 2.20. The van der Waals surface area contributed by atoms with Gasteiger partial charge < -0.3 is 4.74 Å². The number of rotatable bonds is 4. The minimum atomic E-state index is -0.418. The lowest BCUT2D eigenvalue weighted by molar-refractivity contribution is 0.426. The van der Waals surface area contributed by atoms with Crippen molar-refractivity contribution in [2.45, 2.75) is 32.6 Å². The number of benzene rings is 1. The van der Waals surface area contributed by atoms with E-state index in [2.05, 4.69) is 25.8 Å². The third kappa shape index (κ3) is 2.73.